The van der Waals surface area contributed by atoms with Crippen molar-refractivity contribution in [3.63, 3.8) is 0 Å². The second-order valence-corrected chi connectivity index (χ2v) is 7.03. The number of benzene rings is 1. The fourth-order valence-electron chi connectivity index (χ4n) is 4.01. The number of rotatable bonds is 4. The maximum absolute atomic E-state index is 3.81. The predicted molar refractivity (Wildman–Crippen MR) is 91.0 cm³/mol. The molecule has 1 saturated carbocycles. The maximum Gasteiger partial charge on any atom is 0.0399 e. The molecule has 0 spiro atoms. The first-order chi connectivity index (χ1) is 10.3. The van der Waals surface area contributed by atoms with Crippen molar-refractivity contribution in [3.8, 4) is 0 Å². The van der Waals surface area contributed by atoms with Crippen LogP contribution in [0.3, 0.4) is 0 Å². The molecule has 1 aliphatic carbocycles. The second kappa shape index (κ2) is 7.31. The van der Waals surface area contributed by atoms with Crippen LogP contribution in [-0.4, -0.2) is 25.7 Å². The van der Waals surface area contributed by atoms with E-state index in [9.17, 15) is 0 Å². The van der Waals surface area contributed by atoms with Crippen LogP contribution in [0.15, 0.2) is 24.3 Å². The number of nitrogens with zero attached hydrogens (tertiary/aromatic N) is 1. The largest absolute Gasteiger partial charge is 0.370 e. The van der Waals surface area contributed by atoms with Gasteiger partial charge >= 0.3 is 0 Å². The second-order valence-electron chi connectivity index (χ2n) is 7.03. The molecule has 1 fully saturated rings. The minimum atomic E-state index is 0.768. The number of hydrogen-bond donors (Lipinski definition) is 1. The van der Waals surface area contributed by atoms with E-state index in [2.05, 4.69) is 41.4 Å². The van der Waals surface area contributed by atoms with Crippen LogP contribution in [0.1, 0.15) is 51.0 Å². The summed E-state index contributed by atoms with van der Waals surface area (Å²) in [5.41, 5.74) is 3.00. The predicted octanol–water partition coefficient (Wildman–Crippen LogP) is 4.00. The van der Waals surface area contributed by atoms with E-state index in [1.807, 2.05) is 0 Å². The molecule has 3 rings (SSSR count). The van der Waals surface area contributed by atoms with Gasteiger partial charge in [-0.2, -0.15) is 0 Å². The lowest BCUT2D eigenvalue weighted by atomic mass is 9.94. The normalized spacial score (nSPS) is 23.7. The Balaban J connectivity index is 1.53. The molecule has 0 radical (unpaired) electrons. The van der Waals surface area contributed by atoms with E-state index in [-0.39, 0.29) is 0 Å². The standard InChI is InChI=1S/C19H30N2/c1-16-14-17-8-6-7-11-19(17)21(15-16)13-12-20-18-9-4-2-3-5-10-18/h6-8,11,16,18,20H,2-5,9-10,12-15H2,1H3. The zero-order valence-electron chi connectivity index (χ0n) is 13.5. The maximum atomic E-state index is 3.81. The molecule has 0 saturated heterocycles. The van der Waals surface area contributed by atoms with E-state index in [4.69, 9.17) is 0 Å². The average molecular weight is 286 g/mol. The highest BCUT2D eigenvalue weighted by molar-refractivity contribution is 5.55. The first kappa shape index (κ1) is 14.9. The van der Waals surface area contributed by atoms with E-state index in [1.54, 1.807) is 0 Å². The van der Waals surface area contributed by atoms with E-state index in [0.717, 1.165) is 25.0 Å². The molecule has 1 aromatic rings. The third kappa shape index (κ3) is 4.00. The van der Waals surface area contributed by atoms with Crippen molar-refractivity contribution in [2.45, 2.75) is 57.9 Å². The van der Waals surface area contributed by atoms with Gasteiger partial charge in [0, 0.05) is 31.4 Å². The van der Waals surface area contributed by atoms with Gasteiger partial charge in [-0.05, 0) is 36.8 Å². The molecule has 1 aliphatic heterocycles. The van der Waals surface area contributed by atoms with Crippen LogP contribution in [0.4, 0.5) is 5.69 Å². The third-order valence-electron chi connectivity index (χ3n) is 5.10. The number of nitrogens with one attached hydrogen (secondary N) is 1. The quantitative estimate of drug-likeness (QED) is 0.842. The van der Waals surface area contributed by atoms with Gasteiger partial charge in [0.25, 0.3) is 0 Å². The SMILES string of the molecule is CC1Cc2ccccc2N(CCNC2CCCCCC2)C1. The van der Waals surface area contributed by atoms with Gasteiger partial charge in [0.15, 0.2) is 0 Å². The van der Waals surface area contributed by atoms with E-state index in [1.165, 1.54) is 62.7 Å². The summed E-state index contributed by atoms with van der Waals surface area (Å²) in [6.45, 7) is 5.87. The molecule has 116 valence electrons. The molecular formula is C19H30N2. The molecular weight excluding hydrogens is 256 g/mol. The van der Waals surface area contributed by atoms with Crippen LogP contribution in [-0.2, 0) is 6.42 Å². The van der Waals surface area contributed by atoms with Gasteiger partial charge in [-0.3, -0.25) is 0 Å². The summed E-state index contributed by atoms with van der Waals surface area (Å²) in [6.07, 6.45) is 9.72. The fourth-order valence-corrected chi connectivity index (χ4v) is 4.01. The molecule has 1 atom stereocenters. The average Bonchev–Trinajstić information content (AvgIpc) is 2.76. The smallest absolute Gasteiger partial charge is 0.0399 e. The Morgan fingerprint density at radius 3 is 2.67 bits per heavy atom. The number of fused-ring (bicyclic) bond motifs is 1. The molecule has 0 bridgehead atoms. The summed E-state index contributed by atoms with van der Waals surface area (Å²) in [5, 5.41) is 3.81. The van der Waals surface area contributed by atoms with Crippen LogP contribution < -0.4 is 10.2 Å². The number of anilines is 1. The molecule has 2 aliphatic rings. The summed E-state index contributed by atoms with van der Waals surface area (Å²) in [5.74, 6) is 0.776. The summed E-state index contributed by atoms with van der Waals surface area (Å²) in [6, 6.07) is 9.73. The van der Waals surface area contributed by atoms with Crippen molar-refractivity contribution in [3.05, 3.63) is 29.8 Å². The summed E-state index contributed by atoms with van der Waals surface area (Å²) >= 11 is 0. The Bertz CT molecular complexity index is 435. The van der Waals surface area contributed by atoms with Crippen molar-refractivity contribution in [1.82, 2.24) is 5.32 Å². The van der Waals surface area contributed by atoms with E-state index in [0.29, 0.717) is 0 Å². The number of hydrogen-bond acceptors (Lipinski definition) is 2. The Labute approximate surface area is 129 Å². The van der Waals surface area contributed by atoms with E-state index < -0.39 is 0 Å². The first-order valence-corrected chi connectivity index (χ1v) is 8.89. The highest BCUT2D eigenvalue weighted by atomic mass is 15.2. The molecule has 1 N–H and O–H groups in total. The topological polar surface area (TPSA) is 15.3 Å². The first-order valence-electron chi connectivity index (χ1n) is 8.89. The minimum absolute atomic E-state index is 0.768. The summed E-state index contributed by atoms with van der Waals surface area (Å²) < 4.78 is 0. The van der Waals surface area contributed by atoms with Crippen molar-refractivity contribution in [1.29, 1.82) is 0 Å². The van der Waals surface area contributed by atoms with Gasteiger partial charge in [0.1, 0.15) is 0 Å². The van der Waals surface area contributed by atoms with Crippen molar-refractivity contribution in [2.24, 2.45) is 5.92 Å². The molecule has 1 aromatic carbocycles. The summed E-state index contributed by atoms with van der Waals surface area (Å²) in [4.78, 5) is 2.59. The van der Waals surface area contributed by atoms with Crippen LogP contribution in [0.5, 0.6) is 0 Å². The van der Waals surface area contributed by atoms with Gasteiger partial charge < -0.3 is 10.2 Å². The lowest BCUT2D eigenvalue weighted by Gasteiger charge is -2.35. The monoisotopic (exact) mass is 286 g/mol. The highest BCUT2D eigenvalue weighted by Gasteiger charge is 2.21. The zero-order valence-corrected chi connectivity index (χ0v) is 13.5. The van der Waals surface area contributed by atoms with Crippen LogP contribution in [0.25, 0.3) is 0 Å². The van der Waals surface area contributed by atoms with Crippen molar-refractivity contribution < 1.29 is 0 Å². The van der Waals surface area contributed by atoms with Gasteiger partial charge in [-0.15, -0.1) is 0 Å². The lowest BCUT2D eigenvalue weighted by Crippen LogP contribution is -2.41. The van der Waals surface area contributed by atoms with Gasteiger partial charge in [0.2, 0.25) is 0 Å². The molecule has 2 heteroatoms. The third-order valence-corrected chi connectivity index (χ3v) is 5.10. The molecule has 1 unspecified atom stereocenters. The van der Waals surface area contributed by atoms with Gasteiger partial charge in [-0.1, -0.05) is 50.8 Å². The Morgan fingerprint density at radius 2 is 1.86 bits per heavy atom. The lowest BCUT2D eigenvalue weighted by molar-refractivity contribution is 0.452. The highest BCUT2D eigenvalue weighted by Crippen LogP contribution is 2.28. The van der Waals surface area contributed by atoms with Crippen LogP contribution in [0, 0.1) is 5.92 Å². The Morgan fingerprint density at radius 1 is 1.10 bits per heavy atom. The fraction of sp³-hybridized carbons (Fsp3) is 0.684. The van der Waals surface area contributed by atoms with Gasteiger partial charge in [-0.25, -0.2) is 0 Å². The van der Waals surface area contributed by atoms with Gasteiger partial charge in [0.05, 0.1) is 0 Å². The van der Waals surface area contributed by atoms with Crippen molar-refractivity contribution >= 4 is 5.69 Å². The Kier molecular flexibility index (Phi) is 5.18. The molecule has 1 heterocycles. The molecule has 2 nitrogen and oxygen atoms in total. The molecule has 0 amide bonds. The van der Waals surface area contributed by atoms with Crippen molar-refractivity contribution in [2.75, 3.05) is 24.5 Å². The zero-order chi connectivity index (χ0) is 14.5. The Hall–Kier alpha value is -1.02. The summed E-state index contributed by atoms with van der Waals surface area (Å²) in [7, 11) is 0. The molecule has 0 aromatic heterocycles. The number of para-hydroxylation sites is 1. The van der Waals surface area contributed by atoms with Crippen LogP contribution in [0.2, 0.25) is 0 Å². The molecule has 21 heavy (non-hydrogen) atoms. The van der Waals surface area contributed by atoms with Crippen LogP contribution >= 0.6 is 0 Å². The minimum Gasteiger partial charge on any atom is -0.370 e. The van der Waals surface area contributed by atoms with E-state index >= 15 is 0 Å².